The standard InChI is InChI=1S/C11H11F3N2O2/c1-10(9(15)17,8-5-3-2-4-6-8)18-16-7-11(12,13)14/h2-7H,1H3,(H2,15,17). The van der Waals surface area contributed by atoms with E-state index in [1.165, 1.54) is 19.1 Å². The van der Waals surface area contributed by atoms with Crippen LogP contribution in [0.3, 0.4) is 0 Å². The molecule has 0 bridgehead atoms. The Kier molecular flexibility index (Phi) is 3.95. The maximum Gasteiger partial charge on any atom is 0.429 e. The Morgan fingerprint density at radius 1 is 1.33 bits per heavy atom. The number of carbonyl (C=O) groups is 1. The van der Waals surface area contributed by atoms with E-state index in [9.17, 15) is 18.0 Å². The number of halogens is 3. The first kappa shape index (κ1) is 14.0. The highest BCUT2D eigenvalue weighted by Crippen LogP contribution is 2.25. The third-order valence-electron chi connectivity index (χ3n) is 2.23. The third-order valence-corrected chi connectivity index (χ3v) is 2.23. The number of nitrogens with zero attached hydrogens (tertiary/aromatic N) is 1. The smallest absolute Gasteiger partial charge is 0.375 e. The zero-order chi connectivity index (χ0) is 13.8. The van der Waals surface area contributed by atoms with E-state index in [-0.39, 0.29) is 6.21 Å². The van der Waals surface area contributed by atoms with Gasteiger partial charge in [-0.15, -0.1) is 0 Å². The van der Waals surface area contributed by atoms with Crippen LogP contribution in [0.4, 0.5) is 13.2 Å². The highest BCUT2D eigenvalue weighted by molar-refractivity contribution is 5.84. The Morgan fingerprint density at radius 2 is 1.89 bits per heavy atom. The number of oxime groups is 1. The summed E-state index contributed by atoms with van der Waals surface area (Å²) in [5.74, 6) is -0.937. The van der Waals surface area contributed by atoms with Gasteiger partial charge < -0.3 is 10.6 Å². The van der Waals surface area contributed by atoms with Crippen molar-refractivity contribution >= 4 is 12.1 Å². The number of benzene rings is 1. The van der Waals surface area contributed by atoms with Crippen molar-refractivity contribution in [3.63, 3.8) is 0 Å². The van der Waals surface area contributed by atoms with Gasteiger partial charge in [0.1, 0.15) is 6.21 Å². The maximum atomic E-state index is 11.9. The van der Waals surface area contributed by atoms with Crippen molar-refractivity contribution in [1.82, 2.24) is 0 Å². The minimum absolute atomic E-state index is 0.317. The lowest BCUT2D eigenvalue weighted by Gasteiger charge is -2.23. The molecule has 0 saturated heterocycles. The van der Waals surface area contributed by atoms with Crippen molar-refractivity contribution in [2.75, 3.05) is 0 Å². The van der Waals surface area contributed by atoms with Crippen LogP contribution in [0.25, 0.3) is 0 Å². The number of amides is 1. The summed E-state index contributed by atoms with van der Waals surface area (Å²) in [5, 5.41) is 2.76. The van der Waals surface area contributed by atoms with E-state index in [2.05, 4.69) is 9.99 Å². The SMILES string of the molecule is CC(ON=CC(F)(F)F)(C(N)=O)c1ccccc1. The van der Waals surface area contributed by atoms with Gasteiger partial charge >= 0.3 is 6.18 Å². The molecule has 0 saturated carbocycles. The van der Waals surface area contributed by atoms with Gasteiger partial charge in [-0.1, -0.05) is 35.5 Å². The molecule has 98 valence electrons. The molecular weight excluding hydrogens is 249 g/mol. The summed E-state index contributed by atoms with van der Waals surface area (Å²) < 4.78 is 35.7. The van der Waals surface area contributed by atoms with Crippen molar-refractivity contribution in [3.05, 3.63) is 35.9 Å². The van der Waals surface area contributed by atoms with Gasteiger partial charge in [0.2, 0.25) is 5.60 Å². The Morgan fingerprint density at radius 3 is 2.33 bits per heavy atom. The number of hydrogen-bond donors (Lipinski definition) is 1. The molecule has 0 radical (unpaired) electrons. The molecule has 0 aliphatic carbocycles. The van der Waals surface area contributed by atoms with Gasteiger partial charge in [-0.25, -0.2) is 0 Å². The molecule has 2 N–H and O–H groups in total. The van der Waals surface area contributed by atoms with Crippen LogP contribution >= 0.6 is 0 Å². The van der Waals surface area contributed by atoms with Gasteiger partial charge in [0, 0.05) is 5.56 Å². The molecule has 4 nitrogen and oxygen atoms in total. The second-order valence-electron chi connectivity index (χ2n) is 3.63. The molecule has 1 aromatic rings. The fraction of sp³-hybridized carbons (Fsp3) is 0.273. The van der Waals surface area contributed by atoms with E-state index in [0.717, 1.165) is 0 Å². The summed E-state index contributed by atoms with van der Waals surface area (Å²) in [6.07, 6.45) is -4.97. The summed E-state index contributed by atoms with van der Waals surface area (Å²) in [5.41, 5.74) is 3.70. The van der Waals surface area contributed by atoms with Crippen LogP contribution in [-0.4, -0.2) is 18.3 Å². The quantitative estimate of drug-likeness (QED) is 0.664. The molecule has 1 unspecified atom stereocenters. The van der Waals surface area contributed by atoms with Gasteiger partial charge in [-0.05, 0) is 6.92 Å². The zero-order valence-electron chi connectivity index (χ0n) is 9.44. The minimum Gasteiger partial charge on any atom is -0.375 e. The van der Waals surface area contributed by atoms with Crippen molar-refractivity contribution in [3.8, 4) is 0 Å². The maximum absolute atomic E-state index is 11.9. The Bertz CT molecular complexity index is 445. The molecule has 1 atom stereocenters. The number of nitrogens with two attached hydrogens (primary N) is 1. The largest absolute Gasteiger partial charge is 0.429 e. The number of carbonyl (C=O) groups excluding carboxylic acids is 1. The van der Waals surface area contributed by atoms with E-state index < -0.39 is 17.7 Å². The minimum atomic E-state index is -4.62. The second kappa shape index (κ2) is 5.07. The van der Waals surface area contributed by atoms with Crippen LogP contribution < -0.4 is 5.73 Å². The van der Waals surface area contributed by atoms with Crippen LogP contribution in [0.15, 0.2) is 35.5 Å². The summed E-state index contributed by atoms with van der Waals surface area (Å²) >= 11 is 0. The Balaban J connectivity index is 2.97. The highest BCUT2D eigenvalue weighted by atomic mass is 19.4. The van der Waals surface area contributed by atoms with E-state index in [4.69, 9.17) is 5.73 Å². The summed E-state index contributed by atoms with van der Waals surface area (Å²) in [7, 11) is 0. The van der Waals surface area contributed by atoms with Crippen molar-refractivity contribution in [2.45, 2.75) is 18.7 Å². The normalized spacial score (nSPS) is 15.3. The molecule has 0 heterocycles. The van der Waals surface area contributed by atoms with Crippen molar-refractivity contribution in [2.24, 2.45) is 10.9 Å². The molecule has 0 fully saturated rings. The Labute approximate surface area is 101 Å². The van der Waals surface area contributed by atoms with Gasteiger partial charge in [0.05, 0.1) is 0 Å². The summed E-state index contributed by atoms with van der Waals surface area (Å²) in [4.78, 5) is 15.9. The predicted molar refractivity (Wildman–Crippen MR) is 58.6 cm³/mol. The fourth-order valence-corrected chi connectivity index (χ4v) is 1.19. The average molecular weight is 260 g/mol. The molecule has 0 spiro atoms. The monoisotopic (exact) mass is 260 g/mol. The van der Waals surface area contributed by atoms with Crippen LogP contribution in [0, 0.1) is 0 Å². The first-order chi connectivity index (χ1) is 8.26. The molecule has 1 rings (SSSR count). The van der Waals surface area contributed by atoms with Crippen molar-refractivity contribution < 1.29 is 22.8 Å². The van der Waals surface area contributed by atoms with E-state index in [0.29, 0.717) is 5.56 Å². The van der Waals surface area contributed by atoms with Gasteiger partial charge in [-0.2, -0.15) is 13.2 Å². The van der Waals surface area contributed by atoms with Crippen molar-refractivity contribution in [1.29, 1.82) is 0 Å². The first-order valence-electron chi connectivity index (χ1n) is 4.90. The van der Waals surface area contributed by atoms with Gasteiger partial charge in [0.15, 0.2) is 0 Å². The van der Waals surface area contributed by atoms with Crippen LogP contribution in [0.2, 0.25) is 0 Å². The van der Waals surface area contributed by atoms with Gasteiger partial charge in [0.25, 0.3) is 5.91 Å². The molecule has 0 aromatic heterocycles. The van der Waals surface area contributed by atoms with Gasteiger partial charge in [-0.3, -0.25) is 4.79 Å². The lowest BCUT2D eigenvalue weighted by atomic mass is 9.95. The van der Waals surface area contributed by atoms with E-state index in [1.54, 1.807) is 18.2 Å². The molecule has 7 heteroatoms. The van der Waals surface area contributed by atoms with E-state index in [1.807, 2.05) is 0 Å². The number of primary amides is 1. The number of hydrogen-bond acceptors (Lipinski definition) is 3. The average Bonchev–Trinajstić information content (AvgIpc) is 2.28. The molecule has 1 amide bonds. The predicted octanol–water partition coefficient (Wildman–Crippen LogP) is 1.95. The molecule has 18 heavy (non-hydrogen) atoms. The van der Waals surface area contributed by atoms with Crippen LogP contribution in [-0.2, 0) is 15.2 Å². The molecule has 0 aliphatic rings. The number of rotatable bonds is 4. The topological polar surface area (TPSA) is 64.7 Å². The molecular formula is C11H11F3N2O2. The van der Waals surface area contributed by atoms with E-state index >= 15 is 0 Å². The number of alkyl halides is 3. The fourth-order valence-electron chi connectivity index (χ4n) is 1.19. The lowest BCUT2D eigenvalue weighted by Crippen LogP contribution is -2.40. The van der Waals surface area contributed by atoms with Crippen LogP contribution in [0.1, 0.15) is 12.5 Å². The summed E-state index contributed by atoms with van der Waals surface area (Å²) in [6.45, 7) is 1.25. The highest BCUT2D eigenvalue weighted by Gasteiger charge is 2.36. The van der Waals surface area contributed by atoms with Crippen LogP contribution in [0.5, 0.6) is 0 Å². The first-order valence-corrected chi connectivity index (χ1v) is 4.90. The Hall–Kier alpha value is -2.05. The zero-order valence-corrected chi connectivity index (χ0v) is 9.44. The second-order valence-corrected chi connectivity index (χ2v) is 3.63. The molecule has 0 aliphatic heterocycles. The lowest BCUT2D eigenvalue weighted by molar-refractivity contribution is -0.143. The third kappa shape index (κ3) is 3.47. The molecule has 1 aromatic carbocycles. The summed E-state index contributed by atoms with van der Waals surface area (Å²) in [6, 6.07) is 7.91.